The van der Waals surface area contributed by atoms with E-state index in [1.165, 1.54) is 24.3 Å². The quantitative estimate of drug-likeness (QED) is 0.272. The minimum absolute atomic E-state index is 0.0619. The fraction of sp³-hybridized carbons (Fsp3) is 0.440. The zero-order valence-electron chi connectivity index (χ0n) is 19.3. The maximum absolute atomic E-state index is 13.2. The number of carbonyl (C=O) groups is 2. The SMILES string of the molecule is CCCC(=O)C1Oc2c(OC(=O)Oc3ccc([N+](=O)[O-])cc3)ccc3c2C12CN(C)C(C3)C2C. The highest BCUT2D eigenvalue weighted by Crippen LogP contribution is 2.60. The van der Waals surface area contributed by atoms with Crippen LogP contribution in [0.5, 0.6) is 17.2 Å². The van der Waals surface area contributed by atoms with Gasteiger partial charge in [0.25, 0.3) is 5.69 Å². The highest BCUT2D eigenvalue weighted by molar-refractivity contribution is 5.88. The summed E-state index contributed by atoms with van der Waals surface area (Å²) < 4.78 is 17.1. The minimum Gasteiger partial charge on any atom is -0.477 e. The van der Waals surface area contributed by atoms with Gasteiger partial charge in [-0.05, 0) is 49.6 Å². The molecule has 0 saturated carbocycles. The molecule has 1 spiro atoms. The number of ketones is 1. The summed E-state index contributed by atoms with van der Waals surface area (Å²) in [5.41, 5.74) is 1.50. The molecule has 4 unspecified atom stereocenters. The minimum atomic E-state index is -0.990. The topological polar surface area (TPSA) is 108 Å². The van der Waals surface area contributed by atoms with Crippen LogP contribution < -0.4 is 14.2 Å². The van der Waals surface area contributed by atoms with Gasteiger partial charge in [0.2, 0.25) is 0 Å². The molecule has 3 aliphatic rings. The van der Waals surface area contributed by atoms with Gasteiger partial charge in [-0.1, -0.05) is 19.9 Å². The molecule has 0 radical (unpaired) electrons. The molecule has 34 heavy (non-hydrogen) atoms. The highest BCUT2D eigenvalue weighted by atomic mass is 16.7. The molecule has 2 aliphatic heterocycles. The Morgan fingerprint density at radius 2 is 1.94 bits per heavy atom. The molecule has 5 rings (SSSR count). The lowest BCUT2D eigenvalue weighted by atomic mass is 9.62. The Morgan fingerprint density at radius 3 is 2.62 bits per heavy atom. The number of nitrogens with zero attached hydrogens (tertiary/aromatic N) is 2. The number of nitro groups is 1. The second-order valence-corrected chi connectivity index (χ2v) is 9.36. The molecule has 1 fully saturated rings. The Labute approximate surface area is 196 Å². The second-order valence-electron chi connectivity index (χ2n) is 9.36. The van der Waals surface area contributed by atoms with E-state index in [2.05, 4.69) is 18.9 Å². The number of nitro benzene ring substituents is 1. The van der Waals surface area contributed by atoms with Crippen molar-refractivity contribution >= 4 is 17.6 Å². The van der Waals surface area contributed by atoms with E-state index in [-0.39, 0.29) is 28.9 Å². The molecule has 2 bridgehead atoms. The third-order valence-corrected chi connectivity index (χ3v) is 7.50. The van der Waals surface area contributed by atoms with Crippen molar-refractivity contribution in [2.75, 3.05) is 13.6 Å². The van der Waals surface area contributed by atoms with Crippen LogP contribution in [0.15, 0.2) is 36.4 Å². The summed E-state index contributed by atoms with van der Waals surface area (Å²) in [5, 5.41) is 10.8. The molecule has 1 aliphatic carbocycles. The fourth-order valence-corrected chi connectivity index (χ4v) is 5.99. The van der Waals surface area contributed by atoms with E-state index in [1.807, 2.05) is 13.0 Å². The first-order valence-electron chi connectivity index (χ1n) is 11.5. The number of hydrogen-bond donors (Lipinski definition) is 0. The number of non-ortho nitro benzene ring substituents is 1. The zero-order valence-corrected chi connectivity index (χ0v) is 19.3. The van der Waals surface area contributed by atoms with E-state index in [4.69, 9.17) is 14.2 Å². The number of likely N-dealkylation sites (N-methyl/N-ethyl adjacent to an activating group) is 1. The molecule has 178 valence electrons. The average Bonchev–Trinajstić information content (AvgIpc) is 3.21. The first-order valence-corrected chi connectivity index (χ1v) is 11.5. The lowest BCUT2D eigenvalue weighted by molar-refractivity contribution is -0.384. The number of carbonyl (C=O) groups excluding carboxylic acids is 2. The standard InChI is InChI=1S/C25H26N2O7/c1-4-5-19(28)23-25-13-26(3)18(14(25)2)12-15-6-11-20(22(34-23)21(15)25)33-24(29)32-17-9-7-16(8-10-17)27(30)31/h6-11,14,18,23H,4-5,12-13H2,1-3H3. The van der Waals surface area contributed by atoms with Crippen LogP contribution in [-0.2, 0) is 16.6 Å². The van der Waals surface area contributed by atoms with Crippen molar-refractivity contribution in [3.05, 3.63) is 57.6 Å². The summed E-state index contributed by atoms with van der Waals surface area (Å²) in [6.45, 7) is 4.85. The van der Waals surface area contributed by atoms with E-state index in [9.17, 15) is 19.7 Å². The van der Waals surface area contributed by atoms with Crippen molar-refractivity contribution in [3.63, 3.8) is 0 Å². The molecule has 9 heteroatoms. The maximum atomic E-state index is 13.2. The van der Waals surface area contributed by atoms with Gasteiger partial charge in [-0.2, -0.15) is 0 Å². The van der Waals surface area contributed by atoms with Gasteiger partial charge in [-0.15, -0.1) is 0 Å². The molecule has 0 N–H and O–H groups in total. The number of hydrogen-bond acceptors (Lipinski definition) is 8. The molecular formula is C25H26N2O7. The summed E-state index contributed by atoms with van der Waals surface area (Å²) in [6.07, 6.45) is 0.384. The first-order chi connectivity index (χ1) is 16.3. The van der Waals surface area contributed by atoms with Crippen LogP contribution in [0.25, 0.3) is 0 Å². The summed E-state index contributed by atoms with van der Waals surface area (Å²) in [7, 11) is 2.08. The van der Waals surface area contributed by atoms with Gasteiger partial charge in [0, 0.05) is 36.7 Å². The third-order valence-electron chi connectivity index (χ3n) is 7.50. The van der Waals surface area contributed by atoms with E-state index >= 15 is 0 Å². The molecule has 0 amide bonds. The van der Waals surface area contributed by atoms with Crippen molar-refractivity contribution in [1.29, 1.82) is 0 Å². The molecule has 1 saturated heterocycles. The van der Waals surface area contributed by atoms with Crippen molar-refractivity contribution in [2.24, 2.45) is 5.92 Å². The number of ether oxygens (including phenoxy) is 3. The zero-order chi connectivity index (χ0) is 24.2. The van der Waals surface area contributed by atoms with Gasteiger partial charge in [-0.25, -0.2) is 4.79 Å². The summed E-state index contributed by atoms with van der Waals surface area (Å²) in [5.74, 6) is 1.03. The monoisotopic (exact) mass is 466 g/mol. The van der Waals surface area contributed by atoms with Crippen LogP contribution in [0.4, 0.5) is 10.5 Å². The molecule has 2 aromatic carbocycles. The van der Waals surface area contributed by atoms with Crippen molar-refractivity contribution in [1.82, 2.24) is 4.90 Å². The van der Waals surface area contributed by atoms with E-state index < -0.39 is 22.6 Å². The van der Waals surface area contributed by atoms with E-state index in [0.29, 0.717) is 24.8 Å². The predicted octanol–water partition coefficient (Wildman–Crippen LogP) is 4.05. The number of rotatable bonds is 6. The van der Waals surface area contributed by atoms with E-state index in [0.717, 1.165) is 24.0 Å². The molecule has 0 aromatic heterocycles. The Bertz CT molecular complexity index is 1180. The normalized spacial score (nSPS) is 26.5. The Kier molecular flexibility index (Phi) is 5.31. The Morgan fingerprint density at radius 1 is 1.21 bits per heavy atom. The van der Waals surface area contributed by atoms with Gasteiger partial charge in [-0.3, -0.25) is 14.9 Å². The van der Waals surface area contributed by atoms with Gasteiger partial charge in [0.1, 0.15) is 5.75 Å². The highest BCUT2D eigenvalue weighted by Gasteiger charge is 2.65. The van der Waals surface area contributed by atoms with Crippen molar-refractivity contribution < 1.29 is 28.7 Å². The van der Waals surface area contributed by atoms with Gasteiger partial charge in [0.15, 0.2) is 23.4 Å². The molecule has 2 aromatic rings. The smallest absolute Gasteiger partial charge is 0.477 e. The number of fused-ring (bicyclic) bond motifs is 1. The summed E-state index contributed by atoms with van der Waals surface area (Å²) in [6, 6.07) is 9.08. The summed E-state index contributed by atoms with van der Waals surface area (Å²) in [4.78, 5) is 38.3. The van der Waals surface area contributed by atoms with Crippen LogP contribution in [0, 0.1) is 16.0 Å². The van der Waals surface area contributed by atoms with Gasteiger partial charge < -0.3 is 19.1 Å². The first kappa shape index (κ1) is 22.3. The molecule has 4 atom stereocenters. The fourth-order valence-electron chi connectivity index (χ4n) is 5.99. The molecule has 2 heterocycles. The summed E-state index contributed by atoms with van der Waals surface area (Å²) >= 11 is 0. The van der Waals surface area contributed by atoms with Crippen LogP contribution in [0.2, 0.25) is 0 Å². The van der Waals surface area contributed by atoms with E-state index in [1.54, 1.807) is 6.07 Å². The van der Waals surface area contributed by atoms with Crippen LogP contribution in [-0.4, -0.2) is 47.5 Å². The Balaban J connectivity index is 1.46. The number of likely N-dealkylation sites (tertiary alicyclic amines) is 1. The van der Waals surface area contributed by atoms with Gasteiger partial charge >= 0.3 is 6.16 Å². The lowest BCUT2D eigenvalue weighted by Gasteiger charge is -2.38. The number of Topliss-reactive ketones (excluding diaryl/α,β-unsaturated/α-hetero) is 1. The van der Waals surface area contributed by atoms with Gasteiger partial charge in [0.05, 0.1) is 10.3 Å². The number of benzene rings is 2. The van der Waals surface area contributed by atoms with Crippen LogP contribution in [0.3, 0.4) is 0 Å². The van der Waals surface area contributed by atoms with Crippen molar-refractivity contribution in [3.8, 4) is 17.2 Å². The largest absolute Gasteiger partial charge is 0.519 e. The maximum Gasteiger partial charge on any atom is 0.519 e. The van der Waals surface area contributed by atoms with Crippen LogP contribution >= 0.6 is 0 Å². The molecule has 9 nitrogen and oxygen atoms in total. The predicted molar refractivity (Wildman–Crippen MR) is 121 cm³/mol. The molecular weight excluding hydrogens is 440 g/mol. The second kappa shape index (κ2) is 8.09. The van der Waals surface area contributed by atoms with Crippen molar-refractivity contribution in [2.45, 2.75) is 50.7 Å². The lowest BCUT2D eigenvalue weighted by Crippen LogP contribution is -2.50. The Hall–Kier alpha value is -3.46. The average molecular weight is 466 g/mol. The third kappa shape index (κ3) is 3.26. The van der Waals surface area contributed by atoms with Crippen LogP contribution in [0.1, 0.15) is 37.8 Å².